The number of hydrogen-bond acceptors (Lipinski definition) is 8. The second-order valence-electron chi connectivity index (χ2n) is 9.07. The van der Waals surface area contributed by atoms with Gasteiger partial charge in [0.1, 0.15) is 0 Å². The van der Waals surface area contributed by atoms with Crippen LogP contribution in [0.2, 0.25) is 0 Å². The molecule has 0 amide bonds. The molecule has 8 atom stereocenters. The van der Waals surface area contributed by atoms with Gasteiger partial charge in [-0.15, -0.1) is 0 Å². The summed E-state index contributed by atoms with van der Waals surface area (Å²) in [5.74, 6) is 0. The molecular weight excluding hydrogens is 640 g/mol. The first-order valence-electron chi connectivity index (χ1n) is 11.2. The highest BCUT2D eigenvalue weighted by Crippen LogP contribution is 2.59. The van der Waals surface area contributed by atoms with E-state index >= 15 is 0 Å². The molecule has 2 fully saturated rings. The van der Waals surface area contributed by atoms with Gasteiger partial charge in [-0.3, -0.25) is 9.11 Å². The van der Waals surface area contributed by atoms with Gasteiger partial charge in [0, 0.05) is 22.6 Å². The molecule has 234 valence electrons. The zero-order chi connectivity index (χ0) is 31.8. The molecule has 0 aromatic heterocycles. The van der Waals surface area contributed by atoms with E-state index in [2.05, 4.69) is 12.1 Å². The van der Waals surface area contributed by atoms with E-state index in [1.165, 1.54) is 10.6 Å². The van der Waals surface area contributed by atoms with Crippen molar-refractivity contribution < 1.29 is 72.7 Å². The summed E-state index contributed by atoms with van der Waals surface area (Å²) in [7, 11) is -13.1. The molecule has 2 saturated heterocycles. The SMILES string of the molecule is C[C@H]1[C@@H](O)[C@H](O)[C@H](C)P1c1ccccc1P1[C@@H](C)[C@@H](O)[C@H](O)[C@@H]1C.O=S(=O)(O)C(F)(F)F.O=S(=O)(O)C(F)(F)F. The molecule has 0 unspecified atom stereocenters. The molecule has 20 heteroatoms. The molecule has 2 heterocycles. The van der Waals surface area contributed by atoms with Gasteiger partial charge in [-0.1, -0.05) is 67.8 Å². The lowest BCUT2D eigenvalue weighted by molar-refractivity contribution is -0.0514. The summed E-state index contributed by atoms with van der Waals surface area (Å²) in [4.78, 5) is 0. The molecule has 6 N–H and O–H groups in total. The van der Waals surface area contributed by atoms with Crippen LogP contribution < -0.4 is 10.6 Å². The molecule has 0 bridgehead atoms. The Kier molecular flexibility index (Phi) is 12.4. The molecule has 2 aliphatic heterocycles. The molecule has 0 aliphatic carbocycles. The van der Waals surface area contributed by atoms with E-state index < -0.39 is 71.5 Å². The number of alkyl halides is 6. The number of aliphatic hydroxyl groups is 4. The fourth-order valence-electron chi connectivity index (χ4n) is 4.32. The van der Waals surface area contributed by atoms with Gasteiger partial charge in [0.15, 0.2) is 0 Å². The standard InChI is InChI=1S/C18H28O4P2.2CHF3O3S/c1-9-15(19)16(20)10(2)23(9)13-7-5-6-8-14(13)24-11(3)17(21)18(22)12(24)4;2*2-1(3,4)8(5,6)7/h5-12,15-22H,1-4H3;2*(H,5,6,7)/t9-,10-,11-,12-,15+,16+,17+,18+;;/m0../s1. The quantitative estimate of drug-likeness (QED) is 0.117. The first-order valence-corrected chi connectivity index (χ1v) is 17.1. The lowest BCUT2D eigenvalue weighted by Gasteiger charge is -2.30. The van der Waals surface area contributed by atoms with Crippen molar-refractivity contribution in [3.8, 4) is 0 Å². The predicted molar refractivity (Wildman–Crippen MR) is 137 cm³/mol. The Bertz CT molecular complexity index is 1090. The zero-order valence-electron chi connectivity index (χ0n) is 21.2. The first kappa shape index (κ1) is 37.3. The van der Waals surface area contributed by atoms with Crippen molar-refractivity contribution in [1.82, 2.24) is 0 Å². The Morgan fingerprint density at radius 1 is 0.575 bits per heavy atom. The van der Waals surface area contributed by atoms with Gasteiger partial charge in [0.05, 0.1) is 24.4 Å². The number of rotatable bonds is 2. The summed E-state index contributed by atoms with van der Waals surface area (Å²) >= 11 is 0. The third-order valence-corrected chi connectivity index (χ3v) is 14.4. The molecule has 10 nitrogen and oxygen atoms in total. The maximum atomic E-state index is 10.7. The van der Waals surface area contributed by atoms with Crippen molar-refractivity contribution in [2.75, 3.05) is 0 Å². The van der Waals surface area contributed by atoms with Gasteiger partial charge in [-0.05, 0) is 10.6 Å². The molecule has 1 aromatic rings. The van der Waals surface area contributed by atoms with E-state index in [1.807, 2.05) is 39.8 Å². The van der Waals surface area contributed by atoms with Crippen molar-refractivity contribution in [2.24, 2.45) is 0 Å². The fourth-order valence-corrected chi connectivity index (χ4v) is 11.5. The van der Waals surface area contributed by atoms with Crippen molar-refractivity contribution >= 4 is 46.7 Å². The van der Waals surface area contributed by atoms with Crippen LogP contribution in [-0.4, -0.2) is 104 Å². The van der Waals surface area contributed by atoms with Gasteiger partial charge in [0.25, 0.3) is 0 Å². The first-order chi connectivity index (χ1) is 17.8. The normalized spacial score (nSPS) is 34.9. The highest BCUT2D eigenvalue weighted by Gasteiger charge is 2.50. The summed E-state index contributed by atoms with van der Waals surface area (Å²) in [6.45, 7) is 8.10. The van der Waals surface area contributed by atoms with E-state index in [9.17, 15) is 46.8 Å². The van der Waals surface area contributed by atoms with E-state index in [-0.39, 0.29) is 22.6 Å². The van der Waals surface area contributed by atoms with Crippen molar-refractivity contribution in [2.45, 2.75) is 85.8 Å². The van der Waals surface area contributed by atoms with Crippen LogP contribution in [0.15, 0.2) is 24.3 Å². The average molecular weight is 671 g/mol. The molecule has 0 saturated carbocycles. The second-order valence-corrected chi connectivity index (χ2v) is 17.7. The Hall–Kier alpha value is -0.680. The summed E-state index contributed by atoms with van der Waals surface area (Å²) in [5, 5.41) is 43.7. The van der Waals surface area contributed by atoms with Crippen LogP contribution in [-0.2, 0) is 20.2 Å². The minimum absolute atomic E-state index is 0.0456. The van der Waals surface area contributed by atoms with Crippen molar-refractivity contribution in [3.05, 3.63) is 24.3 Å². The van der Waals surface area contributed by atoms with Gasteiger partial charge in [-0.2, -0.15) is 43.2 Å². The molecular formula is C20H30F6O10P2S2. The number of aliphatic hydroxyl groups excluding tert-OH is 4. The average Bonchev–Trinajstić information content (AvgIpc) is 3.10. The summed E-state index contributed by atoms with van der Waals surface area (Å²) in [6, 6.07) is 8.28. The van der Waals surface area contributed by atoms with Crippen LogP contribution in [0, 0.1) is 0 Å². The predicted octanol–water partition coefficient (Wildman–Crippen LogP) is 1.71. The highest BCUT2D eigenvalue weighted by atomic mass is 32.2. The fraction of sp³-hybridized carbons (Fsp3) is 0.700. The molecule has 1 aromatic carbocycles. The Morgan fingerprint density at radius 2 is 0.750 bits per heavy atom. The van der Waals surface area contributed by atoms with Crippen LogP contribution in [0.4, 0.5) is 26.3 Å². The van der Waals surface area contributed by atoms with Crippen LogP contribution in [0.5, 0.6) is 0 Å². The topological polar surface area (TPSA) is 190 Å². The highest BCUT2D eigenvalue weighted by molar-refractivity contribution is 7.86. The minimum Gasteiger partial charge on any atom is -0.390 e. The van der Waals surface area contributed by atoms with E-state index in [0.29, 0.717) is 0 Å². The molecule has 3 rings (SSSR count). The third kappa shape index (κ3) is 8.45. The third-order valence-electron chi connectivity index (χ3n) is 6.45. The van der Waals surface area contributed by atoms with Gasteiger partial charge in [-0.25, -0.2) is 0 Å². The maximum Gasteiger partial charge on any atom is 0.522 e. The molecule has 2 aliphatic rings. The minimum atomic E-state index is -5.84. The lowest BCUT2D eigenvalue weighted by atomic mass is 10.1. The smallest absolute Gasteiger partial charge is 0.390 e. The maximum absolute atomic E-state index is 10.7. The number of hydrogen-bond donors (Lipinski definition) is 6. The van der Waals surface area contributed by atoms with Crippen molar-refractivity contribution in [1.29, 1.82) is 0 Å². The summed E-state index contributed by atoms with van der Waals surface area (Å²) in [6.07, 6.45) is -2.72. The number of halogens is 6. The molecule has 0 spiro atoms. The molecule has 40 heavy (non-hydrogen) atoms. The van der Waals surface area contributed by atoms with Gasteiger partial charge < -0.3 is 20.4 Å². The van der Waals surface area contributed by atoms with Crippen molar-refractivity contribution in [3.63, 3.8) is 0 Å². The Labute approximate surface area is 229 Å². The monoisotopic (exact) mass is 670 g/mol. The zero-order valence-corrected chi connectivity index (χ0v) is 24.6. The van der Waals surface area contributed by atoms with Crippen LogP contribution in [0.1, 0.15) is 27.7 Å². The van der Waals surface area contributed by atoms with Gasteiger partial charge >= 0.3 is 31.3 Å². The number of benzene rings is 1. The largest absolute Gasteiger partial charge is 0.522 e. The lowest BCUT2D eigenvalue weighted by Crippen LogP contribution is -2.30. The Balaban J connectivity index is 0.000000412. The van der Waals surface area contributed by atoms with E-state index in [0.717, 1.165) is 0 Å². The van der Waals surface area contributed by atoms with Crippen LogP contribution in [0.3, 0.4) is 0 Å². The summed E-state index contributed by atoms with van der Waals surface area (Å²) < 4.78 is 115. The molecule has 0 radical (unpaired) electrons. The Morgan fingerprint density at radius 3 is 0.900 bits per heavy atom. The van der Waals surface area contributed by atoms with E-state index in [4.69, 9.17) is 25.9 Å². The van der Waals surface area contributed by atoms with E-state index in [1.54, 1.807) is 0 Å². The van der Waals surface area contributed by atoms with Crippen LogP contribution >= 0.6 is 15.8 Å². The van der Waals surface area contributed by atoms with Gasteiger partial charge in [0.2, 0.25) is 0 Å². The second kappa shape index (κ2) is 13.3. The summed E-state index contributed by atoms with van der Waals surface area (Å²) in [5.41, 5.74) is -10.9. The van der Waals surface area contributed by atoms with Crippen LogP contribution in [0.25, 0.3) is 0 Å².